The Balaban J connectivity index is 1.24. The summed E-state index contributed by atoms with van der Waals surface area (Å²) in [6, 6.07) is 8.34. The first-order valence-corrected chi connectivity index (χ1v) is 10.5. The van der Waals surface area contributed by atoms with Gasteiger partial charge in [0.05, 0.1) is 6.20 Å². The third-order valence-corrected chi connectivity index (χ3v) is 5.97. The van der Waals surface area contributed by atoms with Crippen molar-refractivity contribution in [3.8, 4) is 5.75 Å². The summed E-state index contributed by atoms with van der Waals surface area (Å²) < 4.78 is 6.20. The predicted octanol–water partition coefficient (Wildman–Crippen LogP) is 3.17. The number of carbonyl (C=O) groups excluding carboxylic acids is 1. The molecule has 6 heteroatoms. The molecule has 0 bridgehead atoms. The molecule has 1 aliphatic heterocycles. The summed E-state index contributed by atoms with van der Waals surface area (Å²) in [6.45, 7) is 2.84. The molecule has 0 spiro atoms. The van der Waals surface area contributed by atoms with E-state index in [1.807, 2.05) is 30.5 Å². The summed E-state index contributed by atoms with van der Waals surface area (Å²) in [4.78, 5) is 15.1. The van der Waals surface area contributed by atoms with Gasteiger partial charge in [-0.3, -0.25) is 9.89 Å². The lowest BCUT2D eigenvalue weighted by atomic mass is 10.0. The third-order valence-electron chi connectivity index (χ3n) is 5.97. The molecule has 150 valence electrons. The van der Waals surface area contributed by atoms with Gasteiger partial charge in [-0.05, 0) is 55.9 Å². The van der Waals surface area contributed by atoms with Gasteiger partial charge in [0.2, 0.25) is 0 Å². The van der Waals surface area contributed by atoms with Gasteiger partial charge in [-0.2, -0.15) is 5.10 Å². The maximum Gasteiger partial charge on any atom is 0.251 e. The summed E-state index contributed by atoms with van der Waals surface area (Å²) >= 11 is 0. The standard InChI is InChI=1S/C22H30N4O2/c27-22(23-11-8-17-15-24-25-16-17)18-4-3-7-21(14-18)28-20-9-12-26(13-10-20)19-5-1-2-6-19/h3-4,7,14-16,19-20H,1-2,5-6,8-13H2,(H,23,27)(H,24,25). The summed E-state index contributed by atoms with van der Waals surface area (Å²) in [5.74, 6) is 0.729. The molecule has 28 heavy (non-hydrogen) atoms. The van der Waals surface area contributed by atoms with Crippen molar-refractivity contribution in [2.24, 2.45) is 0 Å². The summed E-state index contributed by atoms with van der Waals surface area (Å²) in [5, 5.41) is 9.66. The third kappa shape index (κ3) is 4.93. The van der Waals surface area contributed by atoms with Crippen LogP contribution in [0.25, 0.3) is 0 Å². The van der Waals surface area contributed by atoms with Crippen molar-refractivity contribution in [1.29, 1.82) is 0 Å². The number of aromatic amines is 1. The molecule has 2 aliphatic rings. The van der Waals surface area contributed by atoms with Gasteiger partial charge in [0.25, 0.3) is 5.91 Å². The van der Waals surface area contributed by atoms with E-state index < -0.39 is 0 Å². The molecule has 2 fully saturated rings. The van der Waals surface area contributed by atoms with Gasteiger partial charge in [-0.15, -0.1) is 0 Å². The van der Waals surface area contributed by atoms with E-state index in [9.17, 15) is 4.79 Å². The second-order valence-electron chi connectivity index (χ2n) is 7.93. The molecular weight excluding hydrogens is 352 g/mol. The van der Waals surface area contributed by atoms with Crippen LogP contribution in [0.3, 0.4) is 0 Å². The Hall–Kier alpha value is -2.34. The van der Waals surface area contributed by atoms with Crippen molar-refractivity contribution in [2.75, 3.05) is 19.6 Å². The number of ether oxygens (including phenoxy) is 1. The Morgan fingerprint density at radius 2 is 2.04 bits per heavy atom. The van der Waals surface area contributed by atoms with E-state index in [0.29, 0.717) is 12.1 Å². The van der Waals surface area contributed by atoms with Crippen molar-refractivity contribution < 1.29 is 9.53 Å². The molecule has 0 atom stereocenters. The Morgan fingerprint density at radius 1 is 1.21 bits per heavy atom. The van der Waals surface area contributed by atoms with Crippen LogP contribution in [0.2, 0.25) is 0 Å². The van der Waals surface area contributed by atoms with E-state index >= 15 is 0 Å². The zero-order chi connectivity index (χ0) is 19.2. The largest absolute Gasteiger partial charge is 0.490 e. The lowest BCUT2D eigenvalue weighted by molar-refractivity contribution is 0.0766. The van der Waals surface area contributed by atoms with Crippen LogP contribution >= 0.6 is 0 Å². The Kier molecular flexibility index (Phi) is 6.27. The van der Waals surface area contributed by atoms with Crippen LogP contribution in [0.4, 0.5) is 0 Å². The minimum absolute atomic E-state index is 0.0648. The average molecular weight is 383 g/mol. The van der Waals surface area contributed by atoms with Crippen LogP contribution in [-0.4, -0.2) is 52.8 Å². The molecule has 1 saturated heterocycles. The minimum Gasteiger partial charge on any atom is -0.490 e. The lowest BCUT2D eigenvalue weighted by Gasteiger charge is -2.36. The minimum atomic E-state index is -0.0648. The maximum absolute atomic E-state index is 12.4. The molecule has 0 unspecified atom stereocenters. The van der Waals surface area contributed by atoms with E-state index in [4.69, 9.17) is 4.74 Å². The molecule has 2 heterocycles. The van der Waals surface area contributed by atoms with Crippen molar-refractivity contribution in [3.05, 3.63) is 47.8 Å². The van der Waals surface area contributed by atoms with Crippen LogP contribution < -0.4 is 10.1 Å². The van der Waals surface area contributed by atoms with Gasteiger partial charge in [-0.1, -0.05) is 18.9 Å². The molecular formula is C22H30N4O2. The van der Waals surface area contributed by atoms with Gasteiger partial charge in [0.1, 0.15) is 11.9 Å². The second-order valence-corrected chi connectivity index (χ2v) is 7.93. The number of piperidine rings is 1. The topological polar surface area (TPSA) is 70.2 Å². The van der Waals surface area contributed by atoms with Crippen LogP contribution in [0.1, 0.15) is 54.4 Å². The summed E-state index contributed by atoms with van der Waals surface area (Å²) in [7, 11) is 0. The molecule has 1 aromatic carbocycles. The maximum atomic E-state index is 12.4. The van der Waals surface area contributed by atoms with Gasteiger partial charge in [0, 0.05) is 37.4 Å². The highest BCUT2D eigenvalue weighted by Gasteiger charge is 2.27. The molecule has 6 nitrogen and oxygen atoms in total. The van der Waals surface area contributed by atoms with Crippen molar-refractivity contribution in [3.63, 3.8) is 0 Å². The van der Waals surface area contributed by atoms with E-state index in [-0.39, 0.29) is 12.0 Å². The smallest absolute Gasteiger partial charge is 0.251 e. The number of H-pyrrole nitrogens is 1. The van der Waals surface area contributed by atoms with E-state index in [2.05, 4.69) is 20.4 Å². The first-order valence-electron chi connectivity index (χ1n) is 10.5. The quantitative estimate of drug-likeness (QED) is 0.772. The summed E-state index contributed by atoms with van der Waals surface area (Å²) in [5.41, 5.74) is 1.73. The molecule has 1 aromatic heterocycles. The van der Waals surface area contributed by atoms with Crippen LogP contribution in [0.5, 0.6) is 5.75 Å². The second kappa shape index (κ2) is 9.24. The van der Waals surface area contributed by atoms with E-state index in [1.54, 1.807) is 6.20 Å². The molecule has 1 amide bonds. The first kappa shape index (κ1) is 19.0. The highest BCUT2D eigenvalue weighted by Crippen LogP contribution is 2.27. The van der Waals surface area contributed by atoms with Gasteiger partial charge >= 0.3 is 0 Å². The Bertz CT molecular complexity index is 748. The average Bonchev–Trinajstić information content (AvgIpc) is 3.43. The number of rotatable bonds is 7. The van der Waals surface area contributed by atoms with Crippen molar-refractivity contribution >= 4 is 5.91 Å². The van der Waals surface area contributed by atoms with Gasteiger partial charge in [0.15, 0.2) is 0 Å². The number of aromatic nitrogens is 2. The Labute approximate surface area is 166 Å². The van der Waals surface area contributed by atoms with Gasteiger partial charge < -0.3 is 15.0 Å². The molecule has 2 N–H and O–H groups in total. The normalized spacial score (nSPS) is 19.0. The highest BCUT2D eigenvalue weighted by molar-refractivity contribution is 5.94. The van der Waals surface area contributed by atoms with Crippen molar-refractivity contribution in [1.82, 2.24) is 20.4 Å². The fourth-order valence-electron chi connectivity index (χ4n) is 4.37. The SMILES string of the molecule is O=C(NCCc1cn[nH]c1)c1cccc(OC2CCN(C3CCCC3)CC2)c1. The van der Waals surface area contributed by atoms with Crippen LogP contribution in [0.15, 0.2) is 36.7 Å². The number of likely N-dealkylation sites (tertiary alicyclic amines) is 1. The zero-order valence-electron chi connectivity index (χ0n) is 16.4. The number of benzene rings is 1. The molecule has 1 saturated carbocycles. The Morgan fingerprint density at radius 3 is 2.79 bits per heavy atom. The number of nitrogens with one attached hydrogen (secondary N) is 2. The predicted molar refractivity (Wildman–Crippen MR) is 109 cm³/mol. The van der Waals surface area contributed by atoms with Gasteiger partial charge in [-0.25, -0.2) is 0 Å². The number of amides is 1. The summed E-state index contributed by atoms with van der Waals surface area (Å²) in [6.07, 6.45) is 12.3. The monoisotopic (exact) mass is 382 g/mol. The lowest BCUT2D eigenvalue weighted by Crippen LogP contribution is -2.43. The van der Waals surface area contributed by atoms with E-state index in [0.717, 1.165) is 49.7 Å². The van der Waals surface area contributed by atoms with E-state index in [1.165, 1.54) is 25.7 Å². The number of hydrogen-bond acceptors (Lipinski definition) is 4. The number of carbonyl (C=O) groups is 1. The molecule has 4 rings (SSSR count). The number of nitrogens with zero attached hydrogens (tertiary/aromatic N) is 2. The first-order chi connectivity index (χ1) is 13.8. The number of hydrogen-bond donors (Lipinski definition) is 2. The van der Waals surface area contributed by atoms with Crippen LogP contribution in [-0.2, 0) is 6.42 Å². The molecule has 0 radical (unpaired) electrons. The zero-order valence-corrected chi connectivity index (χ0v) is 16.4. The van der Waals surface area contributed by atoms with Crippen LogP contribution in [0, 0.1) is 0 Å². The molecule has 2 aromatic rings. The fourth-order valence-corrected chi connectivity index (χ4v) is 4.37. The highest BCUT2D eigenvalue weighted by atomic mass is 16.5. The van der Waals surface area contributed by atoms with Crippen molar-refractivity contribution in [2.45, 2.75) is 57.1 Å². The fraction of sp³-hybridized carbons (Fsp3) is 0.545. The molecule has 1 aliphatic carbocycles.